The molecule has 1 fully saturated rings. The highest BCUT2D eigenvalue weighted by atomic mass is 16.5. The summed E-state index contributed by atoms with van der Waals surface area (Å²) in [5.41, 5.74) is 0. The van der Waals surface area contributed by atoms with Crippen LogP contribution in [0.5, 0.6) is 0 Å². The smallest absolute Gasteiger partial charge is 0.321 e. The van der Waals surface area contributed by atoms with E-state index in [0.29, 0.717) is 13.1 Å². The lowest BCUT2D eigenvalue weighted by Crippen LogP contribution is -2.45. The lowest BCUT2D eigenvalue weighted by molar-refractivity contribution is -0.141. The number of ether oxygens (including phenoxy) is 1. The molecule has 2 N–H and O–H groups in total. The van der Waals surface area contributed by atoms with E-state index in [4.69, 9.17) is 0 Å². The topological polar surface area (TPSA) is 87.7 Å². The molecule has 7 heteroatoms. The van der Waals surface area contributed by atoms with Crippen LogP contribution in [0.2, 0.25) is 0 Å². The van der Waals surface area contributed by atoms with E-state index >= 15 is 0 Å². The number of likely N-dealkylation sites (N-methyl/N-ethyl adjacent to an activating group) is 1. The second kappa shape index (κ2) is 7.73. The van der Waals surface area contributed by atoms with Crippen LogP contribution in [0.1, 0.15) is 26.2 Å². The van der Waals surface area contributed by atoms with E-state index in [1.54, 1.807) is 4.90 Å². The van der Waals surface area contributed by atoms with Crippen molar-refractivity contribution in [3.8, 4) is 0 Å². The van der Waals surface area contributed by atoms with Gasteiger partial charge in [0.15, 0.2) is 0 Å². The van der Waals surface area contributed by atoms with Crippen LogP contribution < -0.4 is 10.6 Å². The average Bonchev–Trinajstić information content (AvgIpc) is 3.17. The SMILES string of the molecule is CCN(CCC(=O)OC)CC(=O)NC(=O)NC1CC1. The molecule has 1 saturated carbocycles. The van der Waals surface area contributed by atoms with Crippen molar-refractivity contribution >= 4 is 17.9 Å². The minimum Gasteiger partial charge on any atom is -0.469 e. The highest BCUT2D eigenvalue weighted by molar-refractivity contribution is 5.95. The molecule has 108 valence electrons. The van der Waals surface area contributed by atoms with Crippen LogP contribution >= 0.6 is 0 Å². The van der Waals surface area contributed by atoms with E-state index in [1.165, 1.54) is 7.11 Å². The fourth-order valence-corrected chi connectivity index (χ4v) is 1.52. The summed E-state index contributed by atoms with van der Waals surface area (Å²) in [5.74, 6) is -0.685. The van der Waals surface area contributed by atoms with Gasteiger partial charge in [0.05, 0.1) is 20.1 Å². The normalized spacial score (nSPS) is 14.1. The predicted molar refractivity (Wildman–Crippen MR) is 68.4 cm³/mol. The second-order valence-electron chi connectivity index (χ2n) is 4.49. The highest BCUT2D eigenvalue weighted by Gasteiger charge is 2.24. The van der Waals surface area contributed by atoms with Crippen LogP contribution in [0.25, 0.3) is 0 Å². The van der Waals surface area contributed by atoms with Gasteiger partial charge in [-0.2, -0.15) is 0 Å². The molecule has 3 amide bonds. The van der Waals surface area contributed by atoms with Crippen molar-refractivity contribution in [1.29, 1.82) is 0 Å². The molecule has 1 rings (SSSR count). The van der Waals surface area contributed by atoms with Crippen molar-refractivity contribution in [2.45, 2.75) is 32.2 Å². The summed E-state index contributed by atoms with van der Waals surface area (Å²) in [6, 6.07) is -0.231. The van der Waals surface area contributed by atoms with Crippen molar-refractivity contribution in [2.24, 2.45) is 0 Å². The molecule has 7 nitrogen and oxygen atoms in total. The van der Waals surface area contributed by atoms with E-state index in [1.807, 2.05) is 6.92 Å². The zero-order valence-electron chi connectivity index (χ0n) is 11.4. The number of rotatable bonds is 7. The number of nitrogens with one attached hydrogen (secondary N) is 2. The maximum absolute atomic E-state index is 11.6. The zero-order chi connectivity index (χ0) is 14.3. The van der Waals surface area contributed by atoms with E-state index < -0.39 is 6.03 Å². The summed E-state index contributed by atoms with van der Waals surface area (Å²) in [7, 11) is 1.33. The molecule has 0 aromatic heterocycles. The molecule has 0 saturated heterocycles. The fourth-order valence-electron chi connectivity index (χ4n) is 1.52. The van der Waals surface area contributed by atoms with Crippen molar-refractivity contribution in [3.05, 3.63) is 0 Å². The molecule has 19 heavy (non-hydrogen) atoms. The van der Waals surface area contributed by atoms with Crippen molar-refractivity contribution < 1.29 is 19.1 Å². The minimum atomic E-state index is -0.448. The number of imide groups is 1. The van der Waals surface area contributed by atoms with Gasteiger partial charge in [-0.3, -0.25) is 19.8 Å². The predicted octanol–water partition coefficient (Wildman–Crippen LogP) is -0.140. The molecule has 0 bridgehead atoms. The summed E-state index contributed by atoms with van der Waals surface area (Å²) >= 11 is 0. The number of methoxy groups -OCH3 is 1. The molecule has 0 unspecified atom stereocenters. The third-order valence-electron chi connectivity index (χ3n) is 2.84. The Balaban J connectivity index is 2.22. The molecular formula is C12H21N3O4. The number of nitrogens with zero attached hydrogens (tertiary/aromatic N) is 1. The van der Waals surface area contributed by atoms with Crippen LogP contribution in [0.15, 0.2) is 0 Å². The number of amides is 3. The zero-order valence-corrected chi connectivity index (χ0v) is 11.4. The Labute approximate surface area is 112 Å². The monoisotopic (exact) mass is 271 g/mol. The summed E-state index contributed by atoms with van der Waals surface area (Å²) < 4.78 is 4.54. The molecule has 0 radical (unpaired) electrons. The number of hydrogen-bond acceptors (Lipinski definition) is 5. The van der Waals surface area contributed by atoms with Gasteiger partial charge in [-0.25, -0.2) is 4.79 Å². The average molecular weight is 271 g/mol. The van der Waals surface area contributed by atoms with Gasteiger partial charge in [-0.05, 0) is 19.4 Å². The molecule has 1 aliphatic carbocycles. The lowest BCUT2D eigenvalue weighted by atomic mass is 10.3. The number of hydrogen-bond donors (Lipinski definition) is 2. The quantitative estimate of drug-likeness (QED) is 0.629. The molecule has 0 heterocycles. The maximum atomic E-state index is 11.6. The van der Waals surface area contributed by atoms with Gasteiger partial charge in [0.2, 0.25) is 5.91 Å². The van der Waals surface area contributed by atoms with E-state index in [-0.39, 0.29) is 30.9 Å². The molecule has 1 aliphatic rings. The van der Waals surface area contributed by atoms with Crippen LogP contribution in [0.4, 0.5) is 4.79 Å². The van der Waals surface area contributed by atoms with Gasteiger partial charge in [-0.1, -0.05) is 6.92 Å². The van der Waals surface area contributed by atoms with Gasteiger partial charge in [-0.15, -0.1) is 0 Å². The van der Waals surface area contributed by atoms with Crippen molar-refractivity contribution in [3.63, 3.8) is 0 Å². The number of carbonyl (C=O) groups is 3. The summed E-state index contributed by atoms with van der Waals surface area (Å²) in [6.07, 6.45) is 2.18. The van der Waals surface area contributed by atoms with E-state index in [2.05, 4.69) is 15.4 Å². The third-order valence-corrected chi connectivity index (χ3v) is 2.84. The molecule has 0 aromatic carbocycles. The van der Waals surface area contributed by atoms with E-state index in [0.717, 1.165) is 12.8 Å². The molecular weight excluding hydrogens is 250 g/mol. The molecule has 0 aromatic rings. The minimum absolute atomic E-state index is 0.0889. The van der Waals surface area contributed by atoms with Gasteiger partial charge in [0.1, 0.15) is 0 Å². The van der Waals surface area contributed by atoms with Gasteiger partial charge < -0.3 is 10.1 Å². The summed E-state index contributed by atoms with van der Waals surface area (Å²) in [6.45, 7) is 3.02. The van der Waals surface area contributed by atoms with Crippen LogP contribution in [0, 0.1) is 0 Å². The summed E-state index contributed by atoms with van der Waals surface area (Å²) in [4.78, 5) is 35.7. The van der Waals surface area contributed by atoms with Crippen LogP contribution in [-0.4, -0.2) is 55.6 Å². The lowest BCUT2D eigenvalue weighted by Gasteiger charge is -2.18. The molecule has 0 spiro atoms. The van der Waals surface area contributed by atoms with Crippen molar-refractivity contribution in [2.75, 3.05) is 26.7 Å². The van der Waals surface area contributed by atoms with Crippen LogP contribution in [0.3, 0.4) is 0 Å². The van der Waals surface area contributed by atoms with Gasteiger partial charge in [0.25, 0.3) is 0 Å². The van der Waals surface area contributed by atoms with Crippen LogP contribution in [-0.2, 0) is 14.3 Å². The first-order valence-electron chi connectivity index (χ1n) is 6.44. The first-order valence-corrected chi connectivity index (χ1v) is 6.44. The molecule has 0 atom stereocenters. The first-order chi connectivity index (χ1) is 9.05. The largest absolute Gasteiger partial charge is 0.469 e. The number of urea groups is 1. The third kappa shape index (κ3) is 6.76. The Morgan fingerprint density at radius 2 is 2.00 bits per heavy atom. The van der Waals surface area contributed by atoms with E-state index in [9.17, 15) is 14.4 Å². The maximum Gasteiger partial charge on any atom is 0.321 e. The Morgan fingerprint density at radius 1 is 1.32 bits per heavy atom. The number of carbonyl (C=O) groups excluding carboxylic acids is 3. The number of esters is 1. The fraction of sp³-hybridized carbons (Fsp3) is 0.750. The summed E-state index contributed by atoms with van der Waals surface area (Å²) in [5, 5.41) is 4.94. The Hall–Kier alpha value is -1.63. The van der Waals surface area contributed by atoms with Gasteiger partial charge in [0, 0.05) is 12.6 Å². The Bertz CT molecular complexity index is 342. The standard InChI is InChI=1S/C12H21N3O4/c1-3-15(7-6-11(17)19-2)8-10(16)14-12(18)13-9-4-5-9/h9H,3-8H2,1-2H3,(H2,13,14,16,18). The highest BCUT2D eigenvalue weighted by Crippen LogP contribution is 2.18. The Morgan fingerprint density at radius 3 is 2.53 bits per heavy atom. The van der Waals surface area contributed by atoms with Gasteiger partial charge >= 0.3 is 12.0 Å². The molecule has 0 aliphatic heterocycles. The first kappa shape index (κ1) is 15.4. The Kier molecular flexibility index (Phi) is 6.27. The van der Waals surface area contributed by atoms with Crippen molar-refractivity contribution in [1.82, 2.24) is 15.5 Å². The second-order valence-corrected chi connectivity index (χ2v) is 4.49.